The van der Waals surface area contributed by atoms with Gasteiger partial charge in [0.25, 0.3) is 0 Å². The summed E-state index contributed by atoms with van der Waals surface area (Å²) in [6.45, 7) is 2.35. The molecule has 60 valence electrons. The molecule has 0 radical (unpaired) electrons. The van der Waals surface area contributed by atoms with Gasteiger partial charge in [0.1, 0.15) is 6.23 Å². The molecule has 1 saturated heterocycles. The molecule has 10 heavy (non-hydrogen) atoms. The van der Waals surface area contributed by atoms with Gasteiger partial charge in [0.15, 0.2) is 0 Å². The van der Waals surface area contributed by atoms with E-state index < -0.39 is 6.23 Å². The smallest absolute Gasteiger partial charge is 0.131 e. The number of rotatable bonds is 2. The number of hydrogen-bond acceptors (Lipinski definition) is 4. The highest BCUT2D eigenvalue weighted by Gasteiger charge is 2.18. The molecule has 0 bridgehead atoms. The number of aliphatic hydroxyl groups excluding tert-OH is 2. The third-order valence-corrected chi connectivity index (χ3v) is 1.60. The zero-order valence-corrected chi connectivity index (χ0v) is 5.86. The molecule has 4 heteroatoms. The van der Waals surface area contributed by atoms with E-state index in [4.69, 9.17) is 9.84 Å². The summed E-state index contributed by atoms with van der Waals surface area (Å²) in [5.74, 6) is 0. The molecular formula is C6H13NO3. The van der Waals surface area contributed by atoms with Gasteiger partial charge in [0.05, 0.1) is 19.8 Å². The van der Waals surface area contributed by atoms with Crippen LogP contribution < -0.4 is 0 Å². The fraction of sp³-hybridized carbons (Fsp3) is 1.00. The molecule has 1 aliphatic heterocycles. The standard InChI is InChI=1S/C6H13NO3/c8-3-1-7-2-4-10-5-6(7)9/h6,8-9H,1-5H2. The van der Waals surface area contributed by atoms with Crippen molar-refractivity contribution in [2.45, 2.75) is 6.23 Å². The maximum absolute atomic E-state index is 9.19. The SMILES string of the molecule is OCCN1CCOCC1O. The summed E-state index contributed by atoms with van der Waals surface area (Å²) < 4.78 is 4.98. The first kappa shape index (κ1) is 7.94. The van der Waals surface area contributed by atoms with Gasteiger partial charge in [-0.3, -0.25) is 4.90 Å². The van der Waals surface area contributed by atoms with Crippen molar-refractivity contribution in [3.8, 4) is 0 Å². The van der Waals surface area contributed by atoms with Crippen molar-refractivity contribution >= 4 is 0 Å². The van der Waals surface area contributed by atoms with Gasteiger partial charge < -0.3 is 14.9 Å². The molecule has 0 aromatic carbocycles. The topological polar surface area (TPSA) is 52.9 Å². The van der Waals surface area contributed by atoms with Crippen molar-refractivity contribution in [3.63, 3.8) is 0 Å². The van der Waals surface area contributed by atoms with Gasteiger partial charge in [-0.2, -0.15) is 0 Å². The zero-order valence-electron chi connectivity index (χ0n) is 5.86. The summed E-state index contributed by atoms with van der Waals surface area (Å²) in [4.78, 5) is 1.80. The Morgan fingerprint density at radius 1 is 1.60 bits per heavy atom. The third-order valence-electron chi connectivity index (χ3n) is 1.60. The highest BCUT2D eigenvalue weighted by Crippen LogP contribution is 2.01. The molecular weight excluding hydrogens is 134 g/mol. The van der Waals surface area contributed by atoms with Crippen LogP contribution in [-0.2, 0) is 4.74 Å². The largest absolute Gasteiger partial charge is 0.395 e. The van der Waals surface area contributed by atoms with Crippen LogP contribution in [-0.4, -0.2) is 54.3 Å². The van der Waals surface area contributed by atoms with Crippen molar-refractivity contribution in [1.29, 1.82) is 0 Å². The average molecular weight is 147 g/mol. The van der Waals surface area contributed by atoms with Crippen LogP contribution in [0.3, 0.4) is 0 Å². The maximum Gasteiger partial charge on any atom is 0.131 e. The number of nitrogens with zero attached hydrogens (tertiary/aromatic N) is 1. The average Bonchev–Trinajstić information content (AvgIpc) is 1.94. The van der Waals surface area contributed by atoms with Gasteiger partial charge >= 0.3 is 0 Å². The predicted molar refractivity (Wildman–Crippen MR) is 35.5 cm³/mol. The monoisotopic (exact) mass is 147 g/mol. The normalized spacial score (nSPS) is 28.8. The van der Waals surface area contributed by atoms with Crippen LogP contribution >= 0.6 is 0 Å². The fourth-order valence-corrected chi connectivity index (χ4v) is 1.01. The summed E-state index contributed by atoms with van der Waals surface area (Å²) >= 11 is 0. The molecule has 0 aromatic rings. The summed E-state index contributed by atoms with van der Waals surface area (Å²) in [5, 5.41) is 17.7. The van der Waals surface area contributed by atoms with Crippen LogP contribution in [0.25, 0.3) is 0 Å². The van der Waals surface area contributed by atoms with Gasteiger partial charge in [0, 0.05) is 13.1 Å². The molecule has 1 fully saturated rings. The van der Waals surface area contributed by atoms with Crippen molar-refractivity contribution in [2.24, 2.45) is 0 Å². The van der Waals surface area contributed by atoms with Crippen molar-refractivity contribution in [3.05, 3.63) is 0 Å². The van der Waals surface area contributed by atoms with E-state index >= 15 is 0 Å². The first-order valence-corrected chi connectivity index (χ1v) is 3.45. The minimum Gasteiger partial charge on any atom is -0.395 e. The van der Waals surface area contributed by atoms with E-state index in [1.54, 1.807) is 4.90 Å². The van der Waals surface area contributed by atoms with Crippen LogP contribution in [0, 0.1) is 0 Å². The summed E-state index contributed by atoms with van der Waals surface area (Å²) in [6, 6.07) is 0. The van der Waals surface area contributed by atoms with E-state index in [-0.39, 0.29) is 6.61 Å². The second-order valence-corrected chi connectivity index (χ2v) is 2.32. The Kier molecular flexibility index (Phi) is 3.08. The van der Waals surface area contributed by atoms with Crippen molar-refractivity contribution in [1.82, 2.24) is 4.90 Å². The fourth-order valence-electron chi connectivity index (χ4n) is 1.01. The van der Waals surface area contributed by atoms with E-state index in [1.165, 1.54) is 0 Å². The van der Waals surface area contributed by atoms with Gasteiger partial charge in [0.2, 0.25) is 0 Å². The summed E-state index contributed by atoms with van der Waals surface area (Å²) in [6.07, 6.45) is -0.527. The lowest BCUT2D eigenvalue weighted by atomic mass is 10.4. The molecule has 1 atom stereocenters. The summed E-state index contributed by atoms with van der Waals surface area (Å²) in [7, 11) is 0. The quantitative estimate of drug-likeness (QED) is 0.506. The van der Waals surface area contributed by atoms with E-state index in [9.17, 15) is 5.11 Å². The number of β-amino-alcohol motifs (C(OH)–C–C–N with tert-alkyl or cyclic N) is 1. The lowest BCUT2D eigenvalue weighted by molar-refractivity contribution is -0.108. The van der Waals surface area contributed by atoms with Crippen LogP contribution in [0.5, 0.6) is 0 Å². The predicted octanol–water partition coefficient (Wildman–Crippen LogP) is -1.37. The lowest BCUT2D eigenvalue weighted by Crippen LogP contribution is -2.46. The van der Waals surface area contributed by atoms with Crippen molar-refractivity contribution in [2.75, 3.05) is 32.9 Å². The second-order valence-electron chi connectivity index (χ2n) is 2.32. The molecule has 1 aliphatic rings. The molecule has 0 amide bonds. The van der Waals surface area contributed by atoms with Crippen LogP contribution in [0.1, 0.15) is 0 Å². The number of morpholine rings is 1. The minimum atomic E-state index is -0.527. The molecule has 4 nitrogen and oxygen atoms in total. The lowest BCUT2D eigenvalue weighted by Gasteiger charge is -2.31. The Morgan fingerprint density at radius 3 is 3.00 bits per heavy atom. The van der Waals surface area contributed by atoms with Crippen LogP contribution in [0.2, 0.25) is 0 Å². The summed E-state index contributed by atoms with van der Waals surface area (Å²) in [5.41, 5.74) is 0. The van der Waals surface area contributed by atoms with E-state index in [2.05, 4.69) is 0 Å². The Morgan fingerprint density at radius 2 is 2.40 bits per heavy atom. The zero-order chi connectivity index (χ0) is 7.40. The molecule has 1 heterocycles. The molecule has 0 spiro atoms. The van der Waals surface area contributed by atoms with E-state index in [0.717, 1.165) is 0 Å². The highest BCUT2D eigenvalue weighted by atomic mass is 16.5. The van der Waals surface area contributed by atoms with Gasteiger partial charge in [-0.1, -0.05) is 0 Å². The van der Waals surface area contributed by atoms with Gasteiger partial charge in [-0.25, -0.2) is 0 Å². The van der Waals surface area contributed by atoms with Crippen molar-refractivity contribution < 1.29 is 14.9 Å². The second kappa shape index (κ2) is 3.88. The van der Waals surface area contributed by atoms with E-state index in [0.29, 0.717) is 26.3 Å². The highest BCUT2D eigenvalue weighted by molar-refractivity contribution is 4.64. The van der Waals surface area contributed by atoms with Gasteiger partial charge in [-0.15, -0.1) is 0 Å². The van der Waals surface area contributed by atoms with E-state index in [1.807, 2.05) is 0 Å². The molecule has 2 N–H and O–H groups in total. The molecule has 1 unspecified atom stereocenters. The Labute approximate surface area is 60.0 Å². The van der Waals surface area contributed by atoms with Crippen LogP contribution in [0.15, 0.2) is 0 Å². The Balaban J connectivity index is 2.25. The third kappa shape index (κ3) is 1.91. The molecule has 0 aromatic heterocycles. The number of ether oxygens (including phenoxy) is 1. The first-order chi connectivity index (χ1) is 4.84. The molecule has 0 aliphatic carbocycles. The first-order valence-electron chi connectivity index (χ1n) is 3.45. The number of aliphatic hydroxyl groups is 2. The molecule has 0 saturated carbocycles. The minimum absolute atomic E-state index is 0.0943. The Hall–Kier alpha value is -0.160. The maximum atomic E-state index is 9.19. The van der Waals surface area contributed by atoms with Gasteiger partial charge in [-0.05, 0) is 0 Å². The number of hydrogen-bond donors (Lipinski definition) is 2. The molecule has 1 rings (SSSR count). The van der Waals surface area contributed by atoms with Crippen LogP contribution in [0.4, 0.5) is 0 Å². The Bertz CT molecular complexity index is 97.0.